The number of fused-ring (bicyclic) bond motifs is 1. The molecule has 0 radical (unpaired) electrons. The summed E-state index contributed by atoms with van der Waals surface area (Å²) in [4.78, 5) is 2.55. The molecule has 1 fully saturated rings. The zero-order valence-corrected chi connectivity index (χ0v) is 16.5. The topological polar surface area (TPSA) is 46.8 Å². The van der Waals surface area contributed by atoms with Crippen molar-refractivity contribution < 1.29 is 0 Å². The molecule has 1 aliphatic heterocycles. The molecule has 1 saturated carbocycles. The molecule has 0 saturated heterocycles. The van der Waals surface area contributed by atoms with Gasteiger partial charge < -0.3 is 0 Å². The SMILES string of the molecule is Cc1ccc([C@@H](c2nnnn2C2CCCC2)N2CCc3ccccc3C2)cc1. The Balaban J connectivity index is 1.55. The molecule has 0 bridgehead atoms. The van der Waals surface area contributed by atoms with Crippen molar-refractivity contribution in [2.24, 2.45) is 0 Å². The summed E-state index contributed by atoms with van der Waals surface area (Å²) in [6.45, 7) is 4.10. The van der Waals surface area contributed by atoms with Crippen molar-refractivity contribution in [3.8, 4) is 0 Å². The molecular formula is C23H27N5. The summed E-state index contributed by atoms with van der Waals surface area (Å²) in [5.41, 5.74) is 5.45. The quantitative estimate of drug-likeness (QED) is 0.686. The van der Waals surface area contributed by atoms with Crippen molar-refractivity contribution in [3.63, 3.8) is 0 Å². The predicted octanol–water partition coefficient (Wildman–Crippen LogP) is 4.24. The fourth-order valence-electron chi connectivity index (χ4n) is 4.80. The summed E-state index contributed by atoms with van der Waals surface area (Å²) in [5.74, 6) is 0.995. The van der Waals surface area contributed by atoms with Gasteiger partial charge in [-0.15, -0.1) is 5.10 Å². The Morgan fingerprint density at radius 2 is 1.71 bits per heavy atom. The molecule has 2 heterocycles. The Morgan fingerprint density at radius 3 is 2.50 bits per heavy atom. The van der Waals surface area contributed by atoms with Crippen LogP contribution < -0.4 is 0 Å². The van der Waals surface area contributed by atoms with E-state index in [1.54, 1.807) is 0 Å². The van der Waals surface area contributed by atoms with E-state index in [9.17, 15) is 0 Å². The van der Waals surface area contributed by atoms with E-state index in [4.69, 9.17) is 0 Å². The molecule has 3 aromatic rings. The van der Waals surface area contributed by atoms with Crippen molar-refractivity contribution >= 4 is 0 Å². The molecule has 1 atom stereocenters. The van der Waals surface area contributed by atoms with E-state index >= 15 is 0 Å². The van der Waals surface area contributed by atoms with E-state index < -0.39 is 0 Å². The predicted molar refractivity (Wildman–Crippen MR) is 109 cm³/mol. The Morgan fingerprint density at radius 1 is 0.964 bits per heavy atom. The molecule has 0 spiro atoms. The number of aryl methyl sites for hydroxylation is 1. The molecule has 2 aromatic carbocycles. The van der Waals surface area contributed by atoms with Crippen LogP contribution in [-0.2, 0) is 13.0 Å². The Hall–Kier alpha value is -2.53. The molecule has 5 rings (SSSR count). The fraction of sp³-hybridized carbons (Fsp3) is 0.435. The van der Waals surface area contributed by atoms with E-state index in [0.717, 1.165) is 25.3 Å². The average molecular weight is 374 g/mol. The number of hydrogen-bond donors (Lipinski definition) is 0. The fourth-order valence-corrected chi connectivity index (χ4v) is 4.80. The zero-order chi connectivity index (χ0) is 18.9. The van der Waals surface area contributed by atoms with Gasteiger partial charge in [0.25, 0.3) is 0 Å². The second-order valence-corrected chi connectivity index (χ2v) is 8.22. The lowest BCUT2D eigenvalue weighted by atomic mass is 9.95. The lowest BCUT2D eigenvalue weighted by molar-refractivity contribution is 0.191. The molecule has 144 valence electrons. The van der Waals surface area contributed by atoms with Crippen LogP contribution >= 0.6 is 0 Å². The summed E-state index contributed by atoms with van der Waals surface area (Å²) in [7, 11) is 0. The van der Waals surface area contributed by atoms with Crippen LogP contribution in [0.4, 0.5) is 0 Å². The maximum absolute atomic E-state index is 4.55. The minimum Gasteiger partial charge on any atom is -0.285 e. The molecule has 2 aliphatic rings. The Kier molecular flexibility index (Phi) is 4.69. The number of nitrogens with zero attached hydrogens (tertiary/aromatic N) is 5. The van der Waals surface area contributed by atoms with Gasteiger partial charge in [0.15, 0.2) is 5.82 Å². The molecule has 0 unspecified atom stereocenters. The van der Waals surface area contributed by atoms with Crippen molar-refractivity contribution in [2.45, 2.75) is 57.7 Å². The summed E-state index contributed by atoms with van der Waals surface area (Å²) in [6.07, 6.45) is 5.99. The first kappa shape index (κ1) is 17.6. The van der Waals surface area contributed by atoms with Gasteiger partial charge in [-0.1, -0.05) is 66.9 Å². The number of rotatable bonds is 4. The molecule has 5 nitrogen and oxygen atoms in total. The van der Waals surface area contributed by atoms with Crippen LogP contribution in [0.1, 0.15) is 65.8 Å². The van der Waals surface area contributed by atoms with Crippen LogP contribution in [0, 0.1) is 6.92 Å². The average Bonchev–Trinajstić information content (AvgIpc) is 3.41. The summed E-state index contributed by atoms with van der Waals surface area (Å²) in [5, 5.41) is 13.1. The summed E-state index contributed by atoms with van der Waals surface area (Å²) in [6, 6.07) is 18.2. The van der Waals surface area contributed by atoms with Gasteiger partial charge in [-0.25, -0.2) is 4.68 Å². The standard InChI is InChI=1S/C23H27N5/c1-17-10-12-19(13-11-17)22(23-24-25-26-28(23)21-8-4-5-9-21)27-15-14-18-6-2-3-7-20(18)16-27/h2-3,6-7,10-13,21-22H,4-5,8-9,14-16H2,1H3/t22-/m0/s1. The monoisotopic (exact) mass is 373 g/mol. The van der Waals surface area contributed by atoms with Gasteiger partial charge >= 0.3 is 0 Å². The Labute approximate surface area is 166 Å². The van der Waals surface area contributed by atoms with Crippen LogP contribution in [-0.4, -0.2) is 31.7 Å². The first-order valence-corrected chi connectivity index (χ1v) is 10.4. The third-order valence-corrected chi connectivity index (χ3v) is 6.35. The molecule has 5 heteroatoms. The van der Waals surface area contributed by atoms with Crippen molar-refractivity contribution in [3.05, 3.63) is 76.6 Å². The van der Waals surface area contributed by atoms with Crippen molar-refractivity contribution in [1.82, 2.24) is 25.1 Å². The Bertz CT molecular complexity index is 940. The highest BCUT2D eigenvalue weighted by molar-refractivity contribution is 5.32. The summed E-state index contributed by atoms with van der Waals surface area (Å²) < 4.78 is 2.12. The maximum Gasteiger partial charge on any atom is 0.173 e. The minimum atomic E-state index is 0.0876. The molecule has 1 aliphatic carbocycles. The van der Waals surface area contributed by atoms with Gasteiger partial charge in [-0.05, 0) is 53.3 Å². The highest BCUT2D eigenvalue weighted by Gasteiger charge is 2.32. The molecule has 1 aromatic heterocycles. The van der Waals surface area contributed by atoms with Gasteiger partial charge in [-0.2, -0.15) is 0 Å². The normalized spacial score (nSPS) is 18.9. The van der Waals surface area contributed by atoms with E-state index in [1.165, 1.54) is 47.9 Å². The van der Waals surface area contributed by atoms with Crippen LogP contribution in [0.25, 0.3) is 0 Å². The zero-order valence-electron chi connectivity index (χ0n) is 16.5. The minimum absolute atomic E-state index is 0.0876. The largest absolute Gasteiger partial charge is 0.285 e. The second-order valence-electron chi connectivity index (χ2n) is 8.22. The first-order chi connectivity index (χ1) is 13.8. The van der Waals surface area contributed by atoms with Gasteiger partial charge in [0, 0.05) is 13.1 Å². The van der Waals surface area contributed by atoms with Crippen LogP contribution in [0.2, 0.25) is 0 Å². The maximum atomic E-state index is 4.55. The van der Waals surface area contributed by atoms with Gasteiger partial charge in [0.2, 0.25) is 0 Å². The van der Waals surface area contributed by atoms with Crippen molar-refractivity contribution in [2.75, 3.05) is 6.54 Å². The van der Waals surface area contributed by atoms with E-state index in [0.29, 0.717) is 6.04 Å². The number of tetrazole rings is 1. The van der Waals surface area contributed by atoms with Crippen molar-refractivity contribution in [1.29, 1.82) is 0 Å². The van der Waals surface area contributed by atoms with Crippen LogP contribution in [0.3, 0.4) is 0 Å². The number of aromatic nitrogens is 4. The third-order valence-electron chi connectivity index (χ3n) is 6.35. The first-order valence-electron chi connectivity index (χ1n) is 10.4. The highest BCUT2D eigenvalue weighted by Crippen LogP contribution is 2.36. The molecular weight excluding hydrogens is 346 g/mol. The number of benzene rings is 2. The van der Waals surface area contributed by atoms with Crippen LogP contribution in [0.5, 0.6) is 0 Å². The lowest BCUT2D eigenvalue weighted by Gasteiger charge is -2.35. The van der Waals surface area contributed by atoms with Gasteiger partial charge in [-0.3, -0.25) is 4.90 Å². The second kappa shape index (κ2) is 7.47. The van der Waals surface area contributed by atoms with Crippen LogP contribution in [0.15, 0.2) is 48.5 Å². The highest BCUT2D eigenvalue weighted by atomic mass is 15.6. The van der Waals surface area contributed by atoms with E-state index in [-0.39, 0.29) is 6.04 Å². The third kappa shape index (κ3) is 3.24. The molecule has 0 N–H and O–H groups in total. The van der Waals surface area contributed by atoms with E-state index in [1.807, 2.05) is 0 Å². The van der Waals surface area contributed by atoms with E-state index in [2.05, 4.69) is 80.6 Å². The summed E-state index contributed by atoms with van der Waals surface area (Å²) >= 11 is 0. The smallest absolute Gasteiger partial charge is 0.173 e. The van der Waals surface area contributed by atoms with Gasteiger partial charge in [0.05, 0.1) is 12.1 Å². The van der Waals surface area contributed by atoms with Gasteiger partial charge in [0.1, 0.15) is 0 Å². The lowest BCUT2D eigenvalue weighted by Crippen LogP contribution is -2.36. The number of hydrogen-bond acceptors (Lipinski definition) is 4. The molecule has 28 heavy (non-hydrogen) atoms. The molecule has 0 amide bonds.